The number of fused-ring (bicyclic) bond motifs is 1. The maximum atomic E-state index is 6.10. The average Bonchev–Trinajstić information content (AvgIpc) is 3.11. The van der Waals surface area contributed by atoms with Crippen molar-refractivity contribution in [2.75, 3.05) is 18.0 Å². The lowest BCUT2D eigenvalue weighted by Crippen LogP contribution is -2.35. The molecule has 31 heavy (non-hydrogen) atoms. The number of aromatic nitrogens is 3. The summed E-state index contributed by atoms with van der Waals surface area (Å²) in [5.41, 5.74) is 6.55. The van der Waals surface area contributed by atoms with Gasteiger partial charge in [-0.15, -0.1) is 0 Å². The molecule has 3 heterocycles. The van der Waals surface area contributed by atoms with E-state index in [4.69, 9.17) is 21.7 Å². The molecule has 4 aromatic rings. The van der Waals surface area contributed by atoms with Gasteiger partial charge in [-0.05, 0) is 62.3 Å². The molecule has 1 aliphatic heterocycles. The molecule has 5 heteroatoms. The Bertz CT molecular complexity index is 1190. The van der Waals surface area contributed by atoms with Crippen LogP contribution in [0.5, 0.6) is 0 Å². The molecule has 1 aliphatic rings. The number of aryl methyl sites for hydroxylation is 2. The van der Waals surface area contributed by atoms with E-state index in [0.717, 1.165) is 58.0 Å². The summed E-state index contributed by atoms with van der Waals surface area (Å²) in [6.45, 7) is 6.22. The maximum absolute atomic E-state index is 6.10. The third kappa shape index (κ3) is 4.05. The molecule has 2 aromatic heterocycles. The Morgan fingerprint density at radius 1 is 0.968 bits per heavy atom. The van der Waals surface area contributed by atoms with E-state index in [9.17, 15) is 0 Å². The van der Waals surface area contributed by atoms with Crippen LogP contribution in [-0.2, 0) is 6.42 Å². The number of piperidine rings is 1. The largest absolute Gasteiger partial charge is 0.356 e. The van der Waals surface area contributed by atoms with Gasteiger partial charge in [0.15, 0.2) is 5.65 Å². The average molecular weight is 431 g/mol. The Kier molecular flexibility index (Phi) is 5.41. The molecule has 1 saturated heterocycles. The normalized spacial score (nSPS) is 15.0. The summed E-state index contributed by atoms with van der Waals surface area (Å²) < 4.78 is 2.03. The molecular formula is C26H27ClN4. The molecule has 0 amide bonds. The topological polar surface area (TPSA) is 33.4 Å². The van der Waals surface area contributed by atoms with E-state index in [0.29, 0.717) is 0 Å². The number of rotatable bonds is 4. The van der Waals surface area contributed by atoms with Crippen LogP contribution in [-0.4, -0.2) is 27.7 Å². The molecule has 0 atom stereocenters. The zero-order chi connectivity index (χ0) is 21.4. The van der Waals surface area contributed by atoms with Crippen LogP contribution in [0.3, 0.4) is 0 Å². The smallest absolute Gasteiger partial charge is 0.165 e. The van der Waals surface area contributed by atoms with Gasteiger partial charge in [0.2, 0.25) is 0 Å². The summed E-state index contributed by atoms with van der Waals surface area (Å²) in [4.78, 5) is 7.34. The molecule has 0 unspecified atom stereocenters. The lowest BCUT2D eigenvalue weighted by atomic mass is 9.90. The minimum Gasteiger partial charge on any atom is -0.356 e. The quantitative estimate of drug-likeness (QED) is 0.390. The predicted octanol–water partition coefficient (Wildman–Crippen LogP) is 6.13. The van der Waals surface area contributed by atoms with Crippen LogP contribution in [0.15, 0.2) is 60.7 Å². The van der Waals surface area contributed by atoms with Crippen molar-refractivity contribution in [2.24, 2.45) is 5.92 Å². The molecule has 0 N–H and O–H groups in total. The van der Waals surface area contributed by atoms with E-state index in [1.807, 2.05) is 28.8 Å². The van der Waals surface area contributed by atoms with Crippen molar-refractivity contribution >= 4 is 23.1 Å². The monoisotopic (exact) mass is 430 g/mol. The first-order chi connectivity index (χ1) is 15.1. The van der Waals surface area contributed by atoms with E-state index >= 15 is 0 Å². The van der Waals surface area contributed by atoms with Crippen molar-refractivity contribution in [3.8, 4) is 11.1 Å². The van der Waals surface area contributed by atoms with Crippen LogP contribution in [0, 0.1) is 19.8 Å². The number of halogens is 1. The second-order valence-corrected chi connectivity index (χ2v) is 9.02. The molecule has 0 spiro atoms. The van der Waals surface area contributed by atoms with Crippen LogP contribution in [0.25, 0.3) is 16.8 Å². The SMILES string of the molecule is Cc1cc(N2CCC(Cc3ccccc3)CC2)n2nc(C)c(-c3ccc(Cl)cc3)c2n1. The molecule has 1 fully saturated rings. The van der Waals surface area contributed by atoms with Crippen molar-refractivity contribution in [1.82, 2.24) is 14.6 Å². The number of benzene rings is 2. The first kappa shape index (κ1) is 20.1. The first-order valence-electron chi connectivity index (χ1n) is 11.0. The standard InChI is InChI=1S/C26H27ClN4/c1-18-16-24(30-14-12-21(13-15-30)17-20-6-4-3-5-7-20)31-26(28-18)25(19(2)29-31)22-8-10-23(27)11-9-22/h3-11,16,21H,12-15,17H2,1-2H3. The number of nitrogens with zero attached hydrogens (tertiary/aromatic N) is 4. The highest BCUT2D eigenvalue weighted by Gasteiger charge is 2.24. The minimum absolute atomic E-state index is 0.737. The molecule has 0 radical (unpaired) electrons. The summed E-state index contributed by atoms with van der Waals surface area (Å²) in [6, 6.07) is 21.0. The van der Waals surface area contributed by atoms with Gasteiger partial charge in [0.05, 0.1) is 5.69 Å². The number of hydrogen-bond acceptors (Lipinski definition) is 3. The molecule has 0 aliphatic carbocycles. The molecular weight excluding hydrogens is 404 g/mol. The van der Waals surface area contributed by atoms with Gasteiger partial charge in [0.25, 0.3) is 0 Å². The van der Waals surface area contributed by atoms with Crippen LogP contribution >= 0.6 is 11.6 Å². The molecule has 0 saturated carbocycles. The third-order valence-corrected chi connectivity index (χ3v) is 6.56. The van der Waals surface area contributed by atoms with E-state index < -0.39 is 0 Å². The van der Waals surface area contributed by atoms with Gasteiger partial charge in [-0.2, -0.15) is 9.61 Å². The molecule has 5 rings (SSSR count). The Labute approximate surface area is 188 Å². The summed E-state index contributed by atoms with van der Waals surface area (Å²) in [5, 5.41) is 5.63. The number of hydrogen-bond donors (Lipinski definition) is 0. The van der Waals surface area contributed by atoms with E-state index in [1.165, 1.54) is 24.8 Å². The molecule has 158 valence electrons. The van der Waals surface area contributed by atoms with E-state index in [-0.39, 0.29) is 0 Å². The van der Waals surface area contributed by atoms with Crippen LogP contribution in [0.4, 0.5) is 5.82 Å². The zero-order valence-corrected chi connectivity index (χ0v) is 18.8. The zero-order valence-electron chi connectivity index (χ0n) is 18.1. The predicted molar refractivity (Wildman–Crippen MR) is 128 cm³/mol. The maximum Gasteiger partial charge on any atom is 0.165 e. The molecule has 0 bridgehead atoms. The van der Waals surface area contributed by atoms with Crippen LogP contribution < -0.4 is 4.90 Å². The van der Waals surface area contributed by atoms with Crippen molar-refractivity contribution in [2.45, 2.75) is 33.1 Å². The summed E-state index contributed by atoms with van der Waals surface area (Å²) >= 11 is 6.10. The van der Waals surface area contributed by atoms with E-state index in [2.05, 4.69) is 55.1 Å². The third-order valence-electron chi connectivity index (χ3n) is 6.31. The van der Waals surface area contributed by atoms with Crippen molar-refractivity contribution in [3.05, 3.63) is 82.6 Å². The fourth-order valence-electron chi connectivity index (χ4n) is 4.72. The van der Waals surface area contributed by atoms with Crippen molar-refractivity contribution < 1.29 is 0 Å². The van der Waals surface area contributed by atoms with Gasteiger partial charge in [0.1, 0.15) is 5.82 Å². The fraction of sp³-hybridized carbons (Fsp3) is 0.308. The highest BCUT2D eigenvalue weighted by Crippen LogP contribution is 2.32. The van der Waals surface area contributed by atoms with Gasteiger partial charge in [-0.1, -0.05) is 54.1 Å². The summed E-state index contributed by atoms with van der Waals surface area (Å²) in [6.07, 6.45) is 3.56. The minimum atomic E-state index is 0.737. The number of anilines is 1. The van der Waals surface area contributed by atoms with Gasteiger partial charge >= 0.3 is 0 Å². The van der Waals surface area contributed by atoms with Gasteiger partial charge < -0.3 is 4.90 Å². The van der Waals surface area contributed by atoms with Crippen molar-refractivity contribution in [1.29, 1.82) is 0 Å². The molecule has 4 nitrogen and oxygen atoms in total. The Morgan fingerprint density at radius 2 is 1.68 bits per heavy atom. The van der Waals surface area contributed by atoms with Gasteiger partial charge in [0, 0.05) is 35.4 Å². The Balaban J connectivity index is 1.43. The highest BCUT2D eigenvalue weighted by molar-refractivity contribution is 6.30. The first-order valence-corrected chi connectivity index (χ1v) is 11.4. The molecule has 2 aromatic carbocycles. The Hall–Kier alpha value is -2.85. The lowest BCUT2D eigenvalue weighted by Gasteiger charge is -2.33. The van der Waals surface area contributed by atoms with Crippen molar-refractivity contribution in [3.63, 3.8) is 0 Å². The highest BCUT2D eigenvalue weighted by atomic mass is 35.5. The van der Waals surface area contributed by atoms with E-state index in [1.54, 1.807) is 0 Å². The lowest BCUT2D eigenvalue weighted by molar-refractivity contribution is 0.401. The second kappa shape index (κ2) is 8.35. The van der Waals surface area contributed by atoms with Gasteiger partial charge in [-0.3, -0.25) is 0 Å². The Morgan fingerprint density at radius 3 is 2.39 bits per heavy atom. The summed E-state index contributed by atoms with van der Waals surface area (Å²) in [7, 11) is 0. The fourth-order valence-corrected chi connectivity index (χ4v) is 4.84. The summed E-state index contributed by atoms with van der Waals surface area (Å²) in [5.74, 6) is 1.88. The van der Waals surface area contributed by atoms with Crippen LogP contribution in [0.1, 0.15) is 29.8 Å². The van der Waals surface area contributed by atoms with Crippen LogP contribution in [0.2, 0.25) is 5.02 Å². The second-order valence-electron chi connectivity index (χ2n) is 8.58. The van der Waals surface area contributed by atoms with Gasteiger partial charge in [-0.25, -0.2) is 4.98 Å².